The summed E-state index contributed by atoms with van der Waals surface area (Å²) < 4.78 is 3.11. The lowest BCUT2D eigenvalue weighted by Crippen LogP contribution is -2.25. The summed E-state index contributed by atoms with van der Waals surface area (Å²) >= 11 is 6.21. The molecule has 2 N–H and O–H groups in total. The van der Waals surface area contributed by atoms with E-state index in [1.807, 2.05) is 74.5 Å². The molecule has 3 aromatic carbocycles. The van der Waals surface area contributed by atoms with Crippen LogP contribution in [0.4, 0.5) is 0 Å². The van der Waals surface area contributed by atoms with Crippen LogP contribution in [-0.4, -0.2) is 19.6 Å². The molecule has 0 amide bonds. The lowest BCUT2D eigenvalue weighted by Gasteiger charge is -2.16. The largest absolute Gasteiger partial charge is 0.295 e. The summed E-state index contributed by atoms with van der Waals surface area (Å²) in [5.74, 6) is -0.591. The number of H-pyrrole nitrogens is 2. The van der Waals surface area contributed by atoms with Gasteiger partial charge in [-0.15, -0.1) is 0 Å². The zero-order valence-corrected chi connectivity index (χ0v) is 22.8. The molecule has 0 atom stereocenters. The second-order valence-electron chi connectivity index (χ2n) is 9.61. The van der Waals surface area contributed by atoms with E-state index in [0.29, 0.717) is 27.5 Å². The third-order valence-electron chi connectivity index (χ3n) is 7.22. The minimum Gasteiger partial charge on any atom is -0.295 e. The van der Waals surface area contributed by atoms with Gasteiger partial charge in [0.1, 0.15) is 0 Å². The first-order valence-corrected chi connectivity index (χ1v) is 13.3. The van der Waals surface area contributed by atoms with Crippen molar-refractivity contribution in [3.8, 4) is 11.4 Å². The maximum atomic E-state index is 14.0. The van der Waals surface area contributed by atoms with Crippen molar-refractivity contribution in [3.63, 3.8) is 0 Å². The first-order valence-electron chi connectivity index (χ1n) is 12.9. The highest BCUT2D eigenvalue weighted by molar-refractivity contribution is 6.30. The van der Waals surface area contributed by atoms with Gasteiger partial charge >= 0.3 is 0 Å². The topological polar surface area (TPSA) is 75.6 Å². The summed E-state index contributed by atoms with van der Waals surface area (Å²) in [6.07, 6.45) is 1.84. The van der Waals surface area contributed by atoms with Crippen molar-refractivity contribution in [3.05, 3.63) is 138 Å². The van der Waals surface area contributed by atoms with Gasteiger partial charge in [0.05, 0.1) is 22.5 Å². The Morgan fingerprint density at radius 1 is 0.658 bits per heavy atom. The molecule has 0 fully saturated rings. The standard InChI is InChI=1S/C31H31ClN4O2/c1-5-21-7-15-25(16-8-21)35-30(37)27(19(3)33-35)29(23-11-13-24(32)14-12-23)28-20(4)34-36(31(28)38)26-17-9-22(6-2)10-18-26/h7-18,29,33-34H,5-6H2,1-4H3. The van der Waals surface area contributed by atoms with Gasteiger partial charge in [0, 0.05) is 22.3 Å². The average Bonchev–Trinajstić information content (AvgIpc) is 3.40. The second kappa shape index (κ2) is 10.4. The van der Waals surface area contributed by atoms with Crippen molar-refractivity contribution in [1.29, 1.82) is 0 Å². The van der Waals surface area contributed by atoms with E-state index in [2.05, 4.69) is 24.0 Å². The highest BCUT2D eigenvalue weighted by Gasteiger charge is 2.30. The Hall–Kier alpha value is -4.03. The number of rotatable bonds is 7. The molecule has 0 bridgehead atoms. The molecule has 0 spiro atoms. The number of halogens is 1. The number of hydrogen-bond acceptors (Lipinski definition) is 2. The van der Waals surface area contributed by atoms with Crippen LogP contribution in [-0.2, 0) is 12.8 Å². The van der Waals surface area contributed by atoms with E-state index < -0.39 is 5.92 Å². The quantitative estimate of drug-likeness (QED) is 0.264. The Kier molecular flexibility index (Phi) is 7.00. The fraction of sp³-hybridized carbons (Fsp3) is 0.226. The minimum atomic E-state index is -0.591. The molecule has 2 aromatic heterocycles. The van der Waals surface area contributed by atoms with Gasteiger partial charge in [-0.25, -0.2) is 9.36 Å². The molecule has 7 heteroatoms. The first-order chi connectivity index (χ1) is 18.3. The van der Waals surface area contributed by atoms with E-state index in [0.717, 1.165) is 29.8 Å². The van der Waals surface area contributed by atoms with Crippen LogP contribution in [0, 0.1) is 13.8 Å². The summed E-state index contributed by atoms with van der Waals surface area (Å²) in [4.78, 5) is 27.9. The molecule has 2 heterocycles. The van der Waals surface area contributed by atoms with Crippen molar-refractivity contribution in [2.45, 2.75) is 46.5 Å². The fourth-order valence-electron chi connectivity index (χ4n) is 5.06. The van der Waals surface area contributed by atoms with Crippen LogP contribution >= 0.6 is 11.6 Å². The van der Waals surface area contributed by atoms with Gasteiger partial charge in [-0.1, -0.05) is 61.8 Å². The number of aryl methyl sites for hydroxylation is 4. The maximum absolute atomic E-state index is 14.0. The molecule has 5 aromatic rings. The van der Waals surface area contributed by atoms with Crippen molar-refractivity contribution >= 4 is 11.6 Å². The number of benzene rings is 3. The van der Waals surface area contributed by atoms with Gasteiger partial charge < -0.3 is 0 Å². The Morgan fingerprint density at radius 3 is 1.42 bits per heavy atom. The van der Waals surface area contributed by atoms with Gasteiger partial charge in [-0.3, -0.25) is 19.8 Å². The molecule has 0 aliphatic carbocycles. The lowest BCUT2D eigenvalue weighted by atomic mass is 9.85. The van der Waals surface area contributed by atoms with Crippen LogP contribution in [0.15, 0.2) is 82.4 Å². The van der Waals surface area contributed by atoms with Gasteiger partial charge in [-0.05, 0) is 79.8 Å². The minimum absolute atomic E-state index is 0.189. The molecule has 0 saturated carbocycles. The van der Waals surface area contributed by atoms with Gasteiger partial charge in [0.2, 0.25) is 0 Å². The van der Waals surface area contributed by atoms with E-state index in [-0.39, 0.29) is 11.1 Å². The summed E-state index contributed by atoms with van der Waals surface area (Å²) in [7, 11) is 0. The zero-order chi connectivity index (χ0) is 27.0. The van der Waals surface area contributed by atoms with E-state index in [1.54, 1.807) is 21.5 Å². The van der Waals surface area contributed by atoms with Crippen LogP contribution in [0.25, 0.3) is 11.4 Å². The Bertz CT molecular complexity index is 1580. The van der Waals surface area contributed by atoms with E-state index in [9.17, 15) is 9.59 Å². The fourth-order valence-corrected chi connectivity index (χ4v) is 5.18. The number of aromatic nitrogens is 4. The van der Waals surface area contributed by atoms with Crippen molar-refractivity contribution in [1.82, 2.24) is 19.6 Å². The number of nitrogens with zero attached hydrogens (tertiary/aromatic N) is 2. The number of aromatic amines is 2. The van der Waals surface area contributed by atoms with Crippen molar-refractivity contribution in [2.75, 3.05) is 0 Å². The third-order valence-corrected chi connectivity index (χ3v) is 7.47. The molecule has 0 aliphatic rings. The van der Waals surface area contributed by atoms with Crippen LogP contribution in [0.3, 0.4) is 0 Å². The number of hydrogen-bond donors (Lipinski definition) is 2. The second-order valence-corrected chi connectivity index (χ2v) is 10.0. The molecular formula is C31H31ClN4O2. The predicted molar refractivity (Wildman–Crippen MR) is 153 cm³/mol. The smallest absolute Gasteiger partial charge is 0.275 e. The van der Waals surface area contributed by atoms with Gasteiger partial charge in [0.25, 0.3) is 11.1 Å². The van der Waals surface area contributed by atoms with E-state index in [1.165, 1.54) is 11.1 Å². The molecule has 194 valence electrons. The van der Waals surface area contributed by atoms with Crippen LogP contribution in [0.2, 0.25) is 5.02 Å². The van der Waals surface area contributed by atoms with Crippen molar-refractivity contribution in [2.24, 2.45) is 0 Å². The van der Waals surface area contributed by atoms with Crippen molar-refractivity contribution < 1.29 is 0 Å². The first kappa shape index (κ1) is 25.6. The predicted octanol–water partition coefficient (Wildman–Crippen LogP) is 6.22. The normalized spacial score (nSPS) is 11.4. The summed E-state index contributed by atoms with van der Waals surface area (Å²) in [5.41, 5.74) is 6.78. The molecule has 5 rings (SSSR count). The zero-order valence-electron chi connectivity index (χ0n) is 22.0. The third kappa shape index (κ3) is 4.56. The molecule has 0 aliphatic heterocycles. The highest BCUT2D eigenvalue weighted by Crippen LogP contribution is 2.33. The Balaban J connectivity index is 1.71. The van der Waals surface area contributed by atoms with Gasteiger partial charge in [-0.2, -0.15) is 0 Å². The van der Waals surface area contributed by atoms with Crippen LogP contribution < -0.4 is 11.1 Å². The molecule has 6 nitrogen and oxygen atoms in total. The summed E-state index contributed by atoms with van der Waals surface area (Å²) in [6.45, 7) is 7.94. The summed E-state index contributed by atoms with van der Waals surface area (Å²) in [6, 6.07) is 23.2. The monoisotopic (exact) mass is 526 g/mol. The molecule has 0 saturated heterocycles. The lowest BCUT2D eigenvalue weighted by molar-refractivity contribution is 0.829. The Morgan fingerprint density at radius 2 is 1.05 bits per heavy atom. The molecule has 38 heavy (non-hydrogen) atoms. The van der Waals surface area contributed by atoms with Gasteiger partial charge in [0.15, 0.2) is 0 Å². The molecule has 0 unspecified atom stereocenters. The SMILES string of the molecule is CCc1ccc(-n2[nH]c(C)c(C(c3ccc(Cl)cc3)c3c(C)[nH]n(-c4ccc(CC)cc4)c3=O)c2=O)cc1. The maximum Gasteiger partial charge on any atom is 0.275 e. The highest BCUT2D eigenvalue weighted by atomic mass is 35.5. The molecular weight excluding hydrogens is 496 g/mol. The average molecular weight is 527 g/mol. The summed E-state index contributed by atoms with van der Waals surface area (Å²) in [5, 5.41) is 7.08. The molecule has 0 radical (unpaired) electrons. The van der Waals surface area contributed by atoms with Crippen LogP contribution in [0.1, 0.15) is 59.0 Å². The number of nitrogens with one attached hydrogen (secondary N) is 2. The van der Waals surface area contributed by atoms with Crippen LogP contribution in [0.5, 0.6) is 0 Å². The van der Waals surface area contributed by atoms with E-state index in [4.69, 9.17) is 11.6 Å². The van der Waals surface area contributed by atoms with E-state index >= 15 is 0 Å². The Labute approximate surface area is 226 Å².